The van der Waals surface area contributed by atoms with Crippen LogP contribution in [0.15, 0.2) is 36.4 Å². The summed E-state index contributed by atoms with van der Waals surface area (Å²) in [6, 6.07) is 10.2. The second kappa shape index (κ2) is 10.5. The van der Waals surface area contributed by atoms with Crippen molar-refractivity contribution in [2.45, 2.75) is 6.92 Å². The van der Waals surface area contributed by atoms with Crippen molar-refractivity contribution in [1.82, 2.24) is 0 Å². The lowest BCUT2D eigenvalue weighted by atomic mass is 10.3. The third-order valence-electron chi connectivity index (χ3n) is 3.29. The first kappa shape index (κ1) is 20.6. The highest BCUT2D eigenvalue weighted by Gasteiger charge is 2.08. The third kappa shape index (κ3) is 6.57. The van der Waals surface area contributed by atoms with Crippen LogP contribution >= 0.6 is 34.8 Å². The van der Waals surface area contributed by atoms with Crippen LogP contribution in [0, 0.1) is 0 Å². The van der Waals surface area contributed by atoms with Crippen LogP contribution in [0.1, 0.15) is 6.92 Å². The van der Waals surface area contributed by atoms with Gasteiger partial charge in [0.15, 0.2) is 0 Å². The fourth-order valence-corrected chi connectivity index (χ4v) is 2.65. The third-order valence-corrected chi connectivity index (χ3v) is 4.32. The summed E-state index contributed by atoms with van der Waals surface area (Å²) in [5, 5.41) is 6.81. The summed E-state index contributed by atoms with van der Waals surface area (Å²) in [5.74, 6) is 0.487. The Morgan fingerprint density at radius 3 is 2.38 bits per heavy atom. The Labute approximate surface area is 167 Å². The Hall–Kier alpha value is -1.66. The van der Waals surface area contributed by atoms with Crippen LogP contribution in [0.4, 0.5) is 11.4 Å². The van der Waals surface area contributed by atoms with Crippen LogP contribution in [-0.4, -0.2) is 32.3 Å². The van der Waals surface area contributed by atoms with Crippen molar-refractivity contribution < 1.29 is 14.3 Å². The van der Waals surface area contributed by atoms with E-state index in [9.17, 15) is 4.79 Å². The Morgan fingerprint density at radius 1 is 1.00 bits per heavy atom. The highest BCUT2D eigenvalue weighted by atomic mass is 35.5. The molecule has 0 bridgehead atoms. The molecule has 2 N–H and O–H groups in total. The molecular formula is C18H19Cl3N2O3. The maximum absolute atomic E-state index is 12.1. The van der Waals surface area contributed by atoms with Crippen molar-refractivity contribution in [3.63, 3.8) is 0 Å². The van der Waals surface area contributed by atoms with Gasteiger partial charge in [0.1, 0.15) is 12.4 Å². The largest absolute Gasteiger partial charge is 0.491 e. The second-order valence-corrected chi connectivity index (χ2v) is 6.44. The molecule has 2 rings (SSSR count). The van der Waals surface area contributed by atoms with Gasteiger partial charge < -0.3 is 20.1 Å². The van der Waals surface area contributed by atoms with Gasteiger partial charge in [0, 0.05) is 12.3 Å². The minimum absolute atomic E-state index is 0.0320. The van der Waals surface area contributed by atoms with Gasteiger partial charge in [-0.15, -0.1) is 0 Å². The summed E-state index contributed by atoms with van der Waals surface area (Å²) < 4.78 is 10.7. The predicted molar refractivity (Wildman–Crippen MR) is 107 cm³/mol. The highest BCUT2D eigenvalue weighted by molar-refractivity contribution is 6.44. The molecule has 0 heterocycles. The van der Waals surface area contributed by atoms with E-state index in [0.717, 1.165) is 0 Å². The number of benzene rings is 2. The van der Waals surface area contributed by atoms with Crippen molar-refractivity contribution >= 4 is 52.1 Å². The Kier molecular flexibility index (Phi) is 8.32. The zero-order chi connectivity index (χ0) is 18.9. The monoisotopic (exact) mass is 416 g/mol. The number of amides is 1. The first-order chi connectivity index (χ1) is 12.5. The molecule has 0 aliphatic rings. The molecule has 2 aromatic rings. The molecule has 0 unspecified atom stereocenters. The molecule has 0 atom stereocenters. The van der Waals surface area contributed by atoms with Gasteiger partial charge in [-0.3, -0.25) is 4.79 Å². The normalized spacial score (nSPS) is 10.5. The van der Waals surface area contributed by atoms with Crippen LogP contribution in [0.2, 0.25) is 15.1 Å². The second-order valence-electron chi connectivity index (χ2n) is 5.22. The van der Waals surface area contributed by atoms with Gasteiger partial charge in [-0.25, -0.2) is 0 Å². The van der Waals surface area contributed by atoms with Crippen molar-refractivity contribution in [3.8, 4) is 5.75 Å². The van der Waals surface area contributed by atoms with Crippen LogP contribution in [0.3, 0.4) is 0 Å². The number of ether oxygens (including phenoxy) is 2. The van der Waals surface area contributed by atoms with Gasteiger partial charge in [-0.05, 0) is 43.3 Å². The van der Waals surface area contributed by atoms with Gasteiger partial charge in [-0.1, -0.05) is 34.8 Å². The van der Waals surface area contributed by atoms with Gasteiger partial charge in [-0.2, -0.15) is 0 Å². The lowest BCUT2D eigenvalue weighted by Gasteiger charge is -2.11. The van der Waals surface area contributed by atoms with Crippen LogP contribution < -0.4 is 15.4 Å². The van der Waals surface area contributed by atoms with E-state index < -0.39 is 0 Å². The Bertz CT molecular complexity index is 739. The number of rotatable bonds is 9. The molecule has 2 aromatic carbocycles. The summed E-state index contributed by atoms with van der Waals surface area (Å²) in [5.41, 5.74) is 1.20. The molecule has 0 radical (unpaired) electrons. The fourth-order valence-electron chi connectivity index (χ4n) is 2.04. The van der Waals surface area contributed by atoms with Gasteiger partial charge in [0.2, 0.25) is 5.91 Å². The smallest absolute Gasteiger partial charge is 0.243 e. The molecule has 26 heavy (non-hydrogen) atoms. The minimum Gasteiger partial charge on any atom is -0.491 e. The van der Waals surface area contributed by atoms with E-state index in [1.165, 1.54) is 6.07 Å². The Balaban J connectivity index is 1.81. The van der Waals surface area contributed by atoms with Crippen molar-refractivity contribution in [1.29, 1.82) is 0 Å². The quantitative estimate of drug-likeness (QED) is 0.439. The van der Waals surface area contributed by atoms with E-state index in [-0.39, 0.29) is 12.5 Å². The summed E-state index contributed by atoms with van der Waals surface area (Å²) in [6.45, 7) is 3.65. The average Bonchev–Trinajstić information content (AvgIpc) is 2.62. The standard InChI is InChI=1S/C18H19Cl3N2O3/c1-2-25-7-8-26-13-5-3-12(4-6-13)23-18(24)11-22-17-10-15(20)14(19)9-16(17)21/h3-6,9-10,22H,2,7-8,11H2,1H3,(H,23,24). The zero-order valence-corrected chi connectivity index (χ0v) is 16.4. The van der Waals surface area contributed by atoms with Crippen LogP contribution in [0.25, 0.3) is 0 Å². The molecule has 0 spiro atoms. The Morgan fingerprint density at radius 2 is 1.69 bits per heavy atom. The van der Waals surface area contributed by atoms with Crippen LogP contribution in [-0.2, 0) is 9.53 Å². The average molecular weight is 418 g/mol. The molecule has 1 amide bonds. The summed E-state index contributed by atoms with van der Waals surface area (Å²) in [6.07, 6.45) is 0. The maximum atomic E-state index is 12.1. The molecule has 5 nitrogen and oxygen atoms in total. The number of halogens is 3. The summed E-state index contributed by atoms with van der Waals surface area (Å²) in [4.78, 5) is 12.1. The maximum Gasteiger partial charge on any atom is 0.243 e. The molecule has 0 saturated heterocycles. The van der Waals surface area contributed by atoms with Crippen molar-refractivity contribution in [2.75, 3.05) is 37.0 Å². The van der Waals surface area contributed by atoms with Gasteiger partial charge >= 0.3 is 0 Å². The zero-order valence-electron chi connectivity index (χ0n) is 14.2. The van der Waals surface area contributed by atoms with E-state index in [1.807, 2.05) is 6.92 Å². The first-order valence-electron chi connectivity index (χ1n) is 7.98. The number of carbonyl (C=O) groups excluding carboxylic acids is 1. The lowest BCUT2D eigenvalue weighted by Crippen LogP contribution is -2.21. The molecule has 0 aliphatic heterocycles. The molecule has 0 saturated carbocycles. The number of nitrogens with one attached hydrogen (secondary N) is 2. The molecular weight excluding hydrogens is 399 g/mol. The number of carbonyl (C=O) groups is 1. The van der Waals surface area contributed by atoms with E-state index in [0.29, 0.717) is 52.0 Å². The van der Waals surface area contributed by atoms with Gasteiger partial charge in [0.05, 0.1) is 33.9 Å². The van der Waals surface area contributed by atoms with E-state index in [2.05, 4.69) is 10.6 Å². The fraction of sp³-hybridized carbons (Fsp3) is 0.278. The van der Waals surface area contributed by atoms with E-state index in [4.69, 9.17) is 44.3 Å². The molecule has 0 aliphatic carbocycles. The van der Waals surface area contributed by atoms with E-state index in [1.54, 1.807) is 30.3 Å². The van der Waals surface area contributed by atoms with E-state index >= 15 is 0 Å². The molecule has 8 heteroatoms. The minimum atomic E-state index is -0.225. The number of hydrogen-bond donors (Lipinski definition) is 2. The SMILES string of the molecule is CCOCCOc1ccc(NC(=O)CNc2cc(Cl)c(Cl)cc2Cl)cc1. The summed E-state index contributed by atoms with van der Waals surface area (Å²) in [7, 11) is 0. The summed E-state index contributed by atoms with van der Waals surface area (Å²) >= 11 is 17.9. The molecule has 0 aromatic heterocycles. The number of hydrogen-bond acceptors (Lipinski definition) is 4. The van der Waals surface area contributed by atoms with Crippen LogP contribution in [0.5, 0.6) is 5.75 Å². The number of anilines is 2. The topological polar surface area (TPSA) is 59.6 Å². The molecule has 140 valence electrons. The van der Waals surface area contributed by atoms with Crippen molar-refractivity contribution in [2.24, 2.45) is 0 Å². The highest BCUT2D eigenvalue weighted by Crippen LogP contribution is 2.32. The predicted octanol–water partition coefficient (Wildman–Crippen LogP) is 5.11. The molecule has 0 fully saturated rings. The van der Waals surface area contributed by atoms with Crippen molar-refractivity contribution in [3.05, 3.63) is 51.5 Å². The van der Waals surface area contributed by atoms with Gasteiger partial charge in [0.25, 0.3) is 0 Å². The first-order valence-corrected chi connectivity index (χ1v) is 9.12. The lowest BCUT2D eigenvalue weighted by molar-refractivity contribution is -0.114.